The SMILES string of the molecule is CC#CCCC(N)c1ccc(Cl)c(Cl)c1. The molecular weight excluding hydrogens is 229 g/mol. The van der Waals surface area contributed by atoms with Crippen LogP contribution in [0.5, 0.6) is 0 Å². The number of halogens is 2. The van der Waals surface area contributed by atoms with Crippen LogP contribution in [0.2, 0.25) is 10.0 Å². The molecule has 0 saturated heterocycles. The maximum absolute atomic E-state index is 5.99. The van der Waals surface area contributed by atoms with E-state index in [1.165, 1.54) is 0 Å². The van der Waals surface area contributed by atoms with Crippen molar-refractivity contribution in [3.8, 4) is 11.8 Å². The van der Waals surface area contributed by atoms with Gasteiger partial charge in [0, 0.05) is 12.5 Å². The largest absolute Gasteiger partial charge is 0.324 e. The molecule has 80 valence electrons. The number of hydrogen-bond acceptors (Lipinski definition) is 1. The first-order chi connectivity index (χ1) is 7.15. The van der Waals surface area contributed by atoms with Gasteiger partial charge in [-0.05, 0) is 31.0 Å². The smallest absolute Gasteiger partial charge is 0.0595 e. The van der Waals surface area contributed by atoms with Crippen LogP contribution in [0.25, 0.3) is 0 Å². The van der Waals surface area contributed by atoms with E-state index in [0.717, 1.165) is 18.4 Å². The third kappa shape index (κ3) is 3.76. The van der Waals surface area contributed by atoms with Crippen molar-refractivity contribution in [3.63, 3.8) is 0 Å². The van der Waals surface area contributed by atoms with Gasteiger partial charge in [-0.25, -0.2) is 0 Å². The minimum absolute atomic E-state index is 0.0272. The fourth-order valence-electron chi connectivity index (χ4n) is 1.26. The molecule has 15 heavy (non-hydrogen) atoms. The van der Waals surface area contributed by atoms with E-state index in [-0.39, 0.29) is 6.04 Å². The average Bonchev–Trinajstić information content (AvgIpc) is 2.22. The van der Waals surface area contributed by atoms with Gasteiger partial charge in [-0.15, -0.1) is 11.8 Å². The Bertz CT molecular complexity index is 390. The highest BCUT2D eigenvalue weighted by atomic mass is 35.5. The minimum atomic E-state index is -0.0272. The molecule has 1 unspecified atom stereocenters. The van der Waals surface area contributed by atoms with Crippen LogP contribution in [-0.2, 0) is 0 Å². The predicted octanol–water partition coefficient (Wildman–Crippen LogP) is 3.80. The molecule has 1 atom stereocenters. The van der Waals surface area contributed by atoms with Gasteiger partial charge in [0.15, 0.2) is 0 Å². The van der Waals surface area contributed by atoms with Crippen molar-refractivity contribution >= 4 is 23.2 Å². The van der Waals surface area contributed by atoms with Gasteiger partial charge >= 0.3 is 0 Å². The van der Waals surface area contributed by atoms with Crippen LogP contribution in [0.4, 0.5) is 0 Å². The molecule has 0 aliphatic carbocycles. The highest BCUT2D eigenvalue weighted by molar-refractivity contribution is 6.42. The molecule has 3 heteroatoms. The summed E-state index contributed by atoms with van der Waals surface area (Å²) in [6, 6.07) is 5.46. The molecule has 0 heterocycles. The predicted molar refractivity (Wildman–Crippen MR) is 66.1 cm³/mol. The molecule has 1 aromatic rings. The van der Waals surface area contributed by atoms with E-state index in [1.54, 1.807) is 6.07 Å². The highest BCUT2D eigenvalue weighted by Gasteiger charge is 2.07. The third-order valence-corrected chi connectivity index (χ3v) is 2.87. The summed E-state index contributed by atoms with van der Waals surface area (Å²) in [7, 11) is 0. The maximum Gasteiger partial charge on any atom is 0.0595 e. The molecule has 0 amide bonds. The zero-order chi connectivity index (χ0) is 11.3. The molecule has 0 aliphatic rings. The summed E-state index contributed by atoms with van der Waals surface area (Å²) < 4.78 is 0. The van der Waals surface area contributed by atoms with Crippen LogP contribution < -0.4 is 5.73 Å². The second-order valence-corrected chi connectivity index (χ2v) is 4.06. The molecule has 0 radical (unpaired) electrons. The van der Waals surface area contributed by atoms with Gasteiger partial charge in [0.2, 0.25) is 0 Å². The summed E-state index contributed by atoms with van der Waals surface area (Å²) in [5.41, 5.74) is 6.99. The van der Waals surface area contributed by atoms with Crippen molar-refractivity contribution in [2.24, 2.45) is 5.73 Å². The molecule has 1 aromatic carbocycles. The van der Waals surface area contributed by atoms with Gasteiger partial charge in [-0.1, -0.05) is 29.3 Å². The molecule has 0 fully saturated rings. The van der Waals surface area contributed by atoms with Crippen LogP contribution >= 0.6 is 23.2 Å². The zero-order valence-electron chi connectivity index (χ0n) is 8.56. The highest BCUT2D eigenvalue weighted by Crippen LogP contribution is 2.26. The second kappa shape index (κ2) is 6.02. The lowest BCUT2D eigenvalue weighted by Gasteiger charge is -2.10. The van der Waals surface area contributed by atoms with Crippen molar-refractivity contribution in [2.75, 3.05) is 0 Å². The fraction of sp³-hybridized carbons (Fsp3) is 0.333. The van der Waals surface area contributed by atoms with Crippen LogP contribution in [0, 0.1) is 11.8 Å². The zero-order valence-corrected chi connectivity index (χ0v) is 10.1. The Morgan fingerprint density at radius 3 is 2.67 bits per heavy atom. The normalized spacial score (nSPS) is 11.7. The lowest BCUT2D eigenvalue weighted by molar-refractivity contribution is 0.668. The molecule has 0 aliphatic heterocycles. The van der Waals surface area contributed by atoms with Crippen molar-refractivity contribution in [1.29, 1.82) is 0 Å². The van der Waals surface area contributed by atoms with Gasteiger partial charge in [-0.2, -0.15) is 0 Å². The summed E-state index contributed by atoms with van der Waals surface area (Å²) in [5.74, 6) is 5.83. The summed E-state index contributed by atoms with van der Waals surface area (Å²) in [4.78, 5) is 0. The van der Waals surface area contributed by atoms with Crippen molar-refractivity contribution in [1.82, 2.24) is 0 Å². The van der Waals surface area contributed by atoms with Gasteiger partial charge in [0.05, 0.1) is 10.0 Å². The van der Waals surface area contributed by atoms with Crippen LogP contribution in [0.3, 0.4) is 0 Å². The Hall–Kier alpha value is -0.680. The van der Waals surface area contributed by atoms with Gasteiger partial charge < -0.3 is 5.73 Å². The standard InChI is InChI=1S/C12H13Cl2N/c1-2-3-4-5-12(15)9-6-7-10(13)11(14)8-9/h6-8,12H,4-5,15H2,1H3. The molecule has 0 spiro atoms. The van der Waals surface area contributed by atoms with E-state index < -0.39 is 0 Å². The lowest BCUT2D eigenvalue weighted by Crippen LogP contribution is -2.09. The molecule has 0 aromatic heterocycles. The maximum atomic E-state index is 5.99. The number of rotatable bonds is 3. The van der Waals surface area contributed by atoms with E-state index in [4.69, 9.17) is 28.9 Å². The van der Waals surface area contributed by atoms with Crippen molar-refractivity contribution in [3.05, 3.63) is 33.8 Å². The third-order valence-electron chi connectivity index (χ3n) is 2.13. The number of benzene rings is 1. The van der Waals surface area contributed by atoms with E-state index >= 15 is 0 Å². The van der Waals surface area contributed by atoms with Crippen molar-refractivity contribution in [2.45, 2.75) is 25.8 Å². The quantitative estimate of drug-likeness (QED) is 0.801. The van der Waals surface area contributed by atoms with E-state index in [9.17, 15) is 0 Å². The summed E-state index contributed by atoms with van der Waals surface area (Å²) in [5, 5.41) is 1.10. The van der Waals surface area contributed by atoms with E-state index in [1.807, 2.05) is 19.1 Å². The van der Waals surface area contributed by atoms with Gasteiger partial charge in [0.25, 0.3) is 0 Å². The molecule has 0 saturated carbocycles. The van der Waals surface area contributed by atoms with Crippen LogP contribution in [0.15, 0.2) is 18.2 Å². The molecule has 1 nitrogen and oxygen atoms in total. The topological polar surface area (TPSA) is 26.0 Å². The van der Waals surface area contributed by atoms with Crippen LogP contribution in [0.1, 0.15) is 31.4 Å². The van der Waals surface area contributed by atoms with Gasteiger partial charge in [0.1, 0.15) is 0 Å². The summed E-state index contributed by atoms with van der Waals surface area (Å²) >= 11 is 11.7. The molecule has 1 rings (SSSR count). The Balaban J connectivity index is 2.68. The van der Waals surface area contributed by atoms with Crippen LogP contribution in [-0.4, -0.2) is 0 Å². The number of nitrogens with two attached hydrogens (primary N) is 1. The Morgan fingerprint density at radius 1 is 1.33 bits per heavy atom. The van der Waals surface area contributed by atoms with E-state index in [2.05, 4.69) is 11.8 Å². The van der Waals surface area contributed by atoms with E-state index in [0.29, 0.717) is 10.0 Å². The monoisotopic (exact) mass is 241 g/mol. The average molecular weight is 242 g/mol. The Labute approximate surface area is 101 Å². The van der Waals surface area contributed by atoms with Gasteiger partial charge in [-0.3, -0.25) is 0 Å². The summed E-state index contributed by atoms with van der Waals surface area (Å²) in [6.45, 7) is 1.82. The van der Waals surface area contributed by atoms with Crippen molar-refractivity contribution < 1.29 is 0 Å². The molecule has 2 N–H and O–H groups in total. The first-order valence-corrected chi connectivity index (χ1v) is 5.51. The fourth-order valence-corrected chi connectivity index (χ4v) is 1.57. The Morgan fingerprint density at radius 2 is 2.07 bits per heavy atom. The number of hydrogen-bond donors (Lipinski definition) is 1. The minimum Gasteiger partial charge on any atom is -0.324 e. The molecular formula is C12H13Cl2N. The first kappa shape index (κ1) is 12.4. The molecule has 0 bridgehead atoms. The lowest BCUT2D eigenvalue weighted by atomic mass is 10.0. The Kier molecular flexibility index (Phi) is 4.98. The summed E-state index contributed by atoms with van der Waals surface area (Å²) in [6.07, 6.45) is 1.64. The second-order valence-electron chi connectivity index (χ2n) is 3.25. The first-order valence-electron chi connectivity index (χ1n) is 4.75.